The Kier molecular flexibility index (Phi) is 5.01. The van der Waals surface area contributed by atoms with E-state index in [2.05, 4.69) is 40.5 Å². The van der Waals surface area contributed by atoms with E-state index in [0.29, 0.717) is 11.5 Å². The third kappa shape index (κ3) is 3.59. The van der Waals surface area contributed by atoms with Crippen molar-refractivity contribution in [2.45, 2.75) is 31.7 Å². The van der Waals surface area contributed by atoms with Gasteiger partial charge in [0.1, 0.15) is 5.82 Å². The van der Waals surface area contributed by atoms with Crippen molar-refractivity contribution in [1.29, 1.82) is 0 Å². The van der Waals surface area contributed by atoms with Gasteiger partial charge in [-0.15, -0.1) is 0 Å². The number of rotatable bonds is 5. The average molecular weight is 402 g/mol. The van der Waals surface area contributed by atoms with Crippen LogP contribution in [0, 0.1) is 0 Å². The molecular weight excluding hydrogens is 376 g/mol. The summed E-state index contributed by atoms with van der Waals surface area (Å²) in [5, 5.41) is 17.6. The second kappa shape index (κ2) is 7.95. The number of carboxylic acids is 1. The van der Waals surface area contributed by atoms with E-state index < -0.39 is 5.97 Å². The zero-order valence-electron chi connectivity index (χ0n) is 16.9. The zero-order chi connectivity index (χ0) is 20.5. The van der Waals surface area contributed by atoms with E-state index in [-0.39, 0.29) is 0 Å². The monoisotopic (exact) mass is 402 g/mol. The van der Waals surface area contributed by atoms with Gasteiger partial charge >= 0.3 is 5.97 Å². The Hall–Kier alpha value is -3.12. The van der Waals surface area contributed by atoms with Gasteiger partial charge in [0, 0.05) is 24.6 Å². The fraction of sp³-hybridized carbons (Fsp3) is 0.333. The van der Waals surface area contributed by atoms with Crippen molar-refractivity contribution in [2.24, 2.45) is 0 Å². The number of anilines is 1. The number of carbonyl (C=O) groups is 1. The SMILES string of the molecule is O=C(O)c1ccc(-n2nc(C3CCN(Cc4ccccc4)CC3)c3c2NCC3)cc1. The highest BCUT2D eigenvalue weighted by molar-refractivity contribution is 5.87. The molecule has 0 saturated carbocycles. The van der Waals surface area contributed by atoms with E-state index >= 15 is 0 Å². The number of benzene rings is 2. The number of likely N-dealkylation sites (tertiary alicyclic amines) is 1. The zero-order valence-corrected chi connectivity index (χ0v) is 16.9. The molecule has 0 aliphatic carbocycles. The molecule has 2 N–H and O–H groups in total. The number of piperidine rings is 1. The van der Waals surface area contributed by atoms with E-state index in [1.807, 2.05) is 16.8 Å². The normalized spacial score (nSPS) is 16.9. The van der Waals surface area contributed by atoms with Crippen LogP contribution in [0.3, 0.4) is 0 Å². The smallest absolute Gasteiger partial charge is 0.335 e. The van der Waals surface area contributed by atoms with Crippen LogP contribution >= 0.6 is 0 Å². The highest BCUT2D eigenvalue weighted by Crippen LogP contribution is 2.37. The molecule has 1 fully saturated rings. The lowest BCUT2D eigenvalue weighted by molar-refractivity contribution is 0.0697. The Balaban J connectivity index is 1.33. The highest BCUT2D eigenvalue weighted by Gasteiger charge is 2.30. The van der Waals surface area contributed by atoms with Crippen LogP contribution in [0.4, 0.5) is 5.82 Å². The molecule has 0 spiro atoms. The molecule has 6 nitrogen and oxygen atoms in total. The summed E-state index contributed by atoms with van der Waals surface area (Å²) in [7, 11) is 0. The van der Waals surface area contributed by atoms with Crippen molar-refractivity contribution < 1.29 is 9.90 Å². The second-order valence-corrected chi connectivity index (χ2v) is 8.19. The van der Waals surface area contributed by atoms with Gasteiger partial charge in [0.15, 0.2) is 0 Å². The van der Waals surface area contributed by atoms with E-state index in [1.165, 1.54) is 16.8 Å². The van der Waals surface area contributed by atoms with Crippen molar-refractivity contribution in [3.8, 4) is 5.69 Å². The molecule has 3 aromatic rings. The minimum atomic E-state index is -0.909. The summed E-state index contributed by atoms with van der Waals surface area (Å²) in [6.45, 7) is 4.11. The molecule has 3 heterocycles. The number of hydrogen-bond acceptors (Lipinski definition) is 4. The van der Waals surface area contributed by atoms with Crippen LogP contribution in [0.25, 0.3) is 5.69 Å². The molecule has 0 bridgehead atoms. The lowest BCUT2D eigenvalue weighted by Crippen LogP contribution is -2.32. The van der Waals surface area contributed by atoms with E-state index in [9.17, 15) is 4.79 Å². The number of hydrogen-bond donors (Lipinski definition) is 2. The van der Waals surface area contributed by atoms with Crippen LogP contribution in [-0.4, -0.2) is 45.4 Å². The Bertz CT molecular complexity index is 1040. The van der Waals surface area contributed by atoms with Crippen LogP contribution < -0.4 is 5.32 Å². The molecule has 6 heteroatoms. The van der Waals surface area contributed by atoms with Gasteiger partial charge in [0.05, 0.1) is 16.9 Å². The Labute approximate surface area is 176 Å². The highest BCUT2D eigenvalue weighted by atomic mass is 16.4. The largest absolute Gasteiger partial charge is 0.478 e. The minimum Gasteiger partial charge on any atom is -0.478 e. The van der Waals surface area contributed by atoms with Crippen molar-refractivity contribution >= 4 is 11.8 Å². The summed E-state index contributed by atoms with van der Waals surface area (Å²) in [6, 6.07) is 17.6. The van der Waals surface area contributed by atoms with Gasteiger partial charge in [-0.2, -0.15) is 5.10 Å². The maximum atomic E-state index is 11.1. The summed E-state index contributed by atoms with van der Waals surface area (Å²) in [6.07, 6.45) is 3.24. The molecule has 1 saturated heterocycles. The first kappa shape index (κ1) is 18.9. The van der Waals surface area contributed by atoms with Crippen molar-refractivity contribution in [2.75, 3.05) is 25.0 Å². The maximum absolute atomic E-state index is 11.1. The molecule has 2 aromatic carbocycles. The fourth-order valence-corrected chi connectivity index (χ4v) is 4.67. The molecule has 5 rings (SSSR count). The van der Waals surface area contributed by atoms with Gasteiger partial charge < -0.3 is 10.4 Å². The third-order valence-electron chi connectivity index (χ3n) is 6.26. The van der Waals surface area contributed by atoms with Crippen LogP contribution in [-0.2, 0) is 13.0 Å². The molecule has 0 amide bonds. The van der Waals surface area contributed by atoms with Gasteiger partial charge in [-0.25, -0.2) is 9.48 Å². The lowest BCUT2D eigenvalue weighted by atomic mass is 9.90. The van der Waals surface area contributed by atoms with Crippen molar-refractivity contribution in [1.82, 2.24) is 14.7 Å². The summed E-state index contributed by atoms with van der Waals surface area (Å²) in [5.41, 5.74) is 5.12. The maximum Gasteiger partial charge on any atom is 0.335 e. The number of nitrogens with zero attached hydrogens (tertiary/aromatic N) is 3. The van der Waals surface area contributed by atoms with Gasteiger partial charge in [0.25, 0.3) is 0 Å². The third-order valence-corrected chi connectivity index (χ3v) is 6.26. The minimum absolute atomic E-state index is 0.293. The molecule has 0 radical (unpaired) electrons. The second-order valence-electron chi connectivity index (χ2n) is 8.19. The van der Waals surface area contributed by atoms with Gasteiger partial charge in [-0.05, 0) is 62.2 Å². The molecule has 2 aliphatic heterocycles. The van der Waals surface area contributed by atoms with E-state index in [4.69, 9.17) is 10.2 Å². The van der Waals surface area contributed by atoms with E-state index in [1.54, 1.807) is 12.1 Å². The number of carboxylic acid groups (broad SMARTS) is 1. The summed E-state index contributed by atoms with van der Waals surface area (Å²) < 4.78 is 1.96. The number of nitrogens with one attached hydrogen (secondary N) is 1. The predicted molar refractivity (Wildman–Crippen MR) is 116 cm³/mol. The van der Waals surface area contributed by atoms with Gasteiger partial charge in [-0.1, -0.05) is 30.3 Å². The predicted octanol–water partition coefficient (Wildman–Crippen LogP) is 3.92. The Morgan fingerprint density at radius 2 is 1.80 bits per heavy atom. The van der Waals surface area contributed by atoms with Gasteiger partial charge in [-0.3, -0.25) is 4.90 Å². The molecular formula is C24H26N4O2. The van der Waals surface area contributed by atoms with Crippen LogP contribution in [0.1, 0.15) is 45.9 Å². The molecule has 154 valence electrons. The first-order valence-corrected chi connectivity index (χ1v) is 10.6. The summed E-state index contributed by atoms with van der Waals surface area (Å²) in [4.78, 5) is 13.7. The summed E-state index contributed by atoms with van der Waals surface area (Å²) in [5.74, 6) is 0.637. The fourth-order valence-electron chi connectivity index (χ4n) is 4.67. The van der Waals surface area contributed by atoms with Crippen LogP contribution in [0.15, 0.2) is 54.6 Å². The molecule has 1 aromatic heterocycles. The molecule has 30 heavy (non-hydrogen) atoms. The van der Waals surface area contributed by atoms with Crippen molar-refractivity contribution in [3.05, 3.63) is 77.0 Å². The topological polar surface area (TPSA) is 70.4 Å². The van der Waals surface area contributed by atoms with Crippen molar-refractivity contribution in [3.63, 3.8) is 0 Å². The Morgan fingerprint density at radius 1 is 1.07 bits per heavy atom. The first-order chi connectivity index (χ1) is 14.7. The van der Waals surface area contributed by atoms with Crippen LogP contribution in [0.2, 0.25) is 0 Å². The Morgan fingerprint density at radius 3 is 2.50 bits per heavy atom. The molecule has 2 aliphatic rings. The molecule has 0 atom stereocenters. The first-order valence-electron chi connectivity index (χ1n) is 10.6. The van der Waals surface area contributed by atoms with E-state index in [0.717, 1.165) is 56.9 Å². The number of fused-ring (bicyclic) bond motifs is 1. The number of aromatic nitrogens is 2. The molecule has 0 unspecified atom stereocenters. The number of aromatic carboxylic acids is 1. The average Bonchev–Trinajstić information content (AvgIpc) is 3.38. The quantitative estimate of drug-likeness (QED) is 0.677. The van der Waals surface area contributed by atoms with Gasteiger partial charge in [0.2, 0.25) is 0 Å². The lowest BCUT2D eigenvalue weighted by Gasteiger charge is -2.31. The van der Waals surface area contributed by atoms with Crippen LogP contribution in [0.5, 0.6) is 0 Å². The summed E-state index contributed by atoms with van der Waals surface area (Å²) >= 11 is 0. The standard InChI is InChI=1S/C24H26N4O2/c29-24(30)19-6-8-20(9-7-19)28-23-21(10-13-25-23)22(26-28)18-11-14-27(15-12-18)16-17-4-2-1-3-5-17/h1-9,18,25H,10-16H2,(H,29,30).